The molecule has 0 unspecified atom stereocenters. The van der Waals surface area contributed by atoms with Crippen LogP contribution in [-0.2, 0) is 10.0 Å². The molecule has 0 saturated carbocycles. The van der Waals surface area contributed by atoms with Crippen LogP contribution in [0.4, 0.5) is 13.2 Å². The van der Waals surface area contributed by atoms with Crippen molar-refractivity contribution in [2.24, 2.45) is 5.14 Å². The van der Waals surface area contributed by atoms with E-state index < -0.39 is 15.5 Å². The molecule has 18 heavy (non-hydrogen) atoms. The minimum absolute atomic E-state index is 1.34. The van der Waals surface area contributed by atoms with Crippen molar-refractivity contribution in [3.8, 4) is 0 Å². The van der Waals surface area contributed by atoms with Gasteiger partial charge in [0, 0.05) is 0 Å². The summed E-state index contributed by atoms with van der Waals surface area (Å²) in [4.78, 5) is 2.60. The number of rotatable bonds is 3. The maximum Gasteiger partial charge on any atom is 0.511 e. The van der Waals surface area contributed by atoms with Crippen molar-refractivity contribution in [2.45, 2.75) is 44.5 Å². The second-order valence-corrected chi connectivity index (χ2v) is 5.80. The van der Waals surface area contributed by atoms with Gasteiger partial charge in [-0.1, -0.05) is 19.8 Å². The van der Waals surface area contributed by atoms with Crippen LogP contribution < -0.4 is 5.14 Å². The van der Waals surface area contributed by atoms with E-state index in [4.69, 9.17) is 0 Å². The third kappa shape index (κ3) is 7.88. The van der Waals surface area contributed by atoms with E-state index in [-0.39, 0.29) is 0 Å². The van der Waals surface area contributed by atoms with Gasteiger partial charge in [0.2, 0.25) is 0 Å². The number of hydrogen-bond acceptors (Lipinski definition) is 3. The molecule has 0 atom stereocenters. The van der Waals surface area contributed by atoms with E-state index in [0.717, 1.165) is 0 Å². The Hall–Kier alpha value is -0.340. The van der Waals surface area contributed by atoms with Crippen LogP contribution in [0.5, 0.6) is 0 Å². The first-order chi connectivity index (χ1) is 8.18. The number of alkyl halides is 3. The zero-order chi connectivity index (χ0) is 14.2. The van der Waals surface area contributed by atoms with Gasteiger partial charge < -0.3 is 4.90 Å². The zero-order valence-corrected chi connectivity index (χ0v) is 11.4. The number of piperidine rings is 1. The Bertz CT molecular complexity index is 312. The van der Waals surface area contributed by atoms with Crippen LogP contribution in [0.2, 0.25) is 0 Å². The second-order valence-electron chi connectivity index (χ2n) is 4.25. The van der Waals surface area contributed by atoms with Crippen LogP contribution in [0.25, 0.3) is 0 Å². The minimum Gasteiger partial charge on any atom is -0.303 e. The van der Waals surface area contributed by atoms with Gasteiger partial charge in [-0.15, -0.1) is 0 Å². The molecule has 1 fully saturated rings. The molecule has 1 saturated heterocycles. The first-order valence-electron chi connectivity index (χ1n) is 6.00. The summed E-state index contributed by atoms with van der Waals surface area (Å²) in [5.74, 6) is 0. The van der Waals surface area contributed by atoms with Gasteiger partial charge in [-0.25, -0.2) is 13.6 Å². The lowest BCUT2D eigenvalue weighted by Crippen LogP contribution is -2.30. The number of likely N-dealkylation sites (tertiary alicyclic amines) is 1. The summed E-state index contributed by atoms with van der Waals surface area (Å²) in [7, 11) is -5.34. The molecule has 0 aromatic heterocycles. The fourth-order valence-corrected chi connectivity index (χ4v) is 1.56. The molecular formula is C10H21F3N2O2S. The van der Waals surface area contributed by atoms with Gasteiger partial charge in [0.25, 0.3) is 0 Å². The fraction of sp³-hybridized carbons (Fsp3) is 1.00. The Kier molecular flexibility index (Phi) is 7.81. The van der Waals surface area contributed by atoms with Gasteiger partial charge in [-0.2, -0.15) is 13.2 Å². The van der Waals surface area contributed by atoms with E-state index >= 15 is 0 Å². The molecular weight excluding hydrogens is 269 g/mol. The van der Waals surface area contributed by atoms with E-state index in [1.54, 1.807) is 0 Å². The smallest absolute Gasteiger partial charge is 0.303 e. The predicted molar refractivity (Wildman–Crippen MR) is 64.4 cm³/mol. The van der Waals surface area contributed by atoms with Gasteiger partial charge in [0.15, 0.2) is 0 Å². The molecule has 2 N–H and O–H groups in total. The highest BCUT2D eigenvalue weighted by atomic mass is 32.2. The molecule has 110 valence electrons. The number of halogens is 3. The van der Waals surface area contributed by atoms with E-state index in [9.17, 15) is 21.6 Å². The van der Waals surface area contributed by atoms with Crippen molar-refractivity contribution in [1.29, 1.82) is 0 Å². The summed E-state index contributed by atoms with van der Waals surface area (Å²) in [6.07, 6.45) is 7.06. The molecule has 0 radical (unpaired) electrons. The molecule has 8 heteroatoms. The Morgan fingerprint density at radius 1 is 1.17 bits per heavy atom. The molecule has 0 spiro atoms. The summed E-state index contributed by atoms with van der Waals surface area (Å²) in [6, 6.07) is 0. The maximum absolute atomic E-state index is 10.8. The highest BCUT2D eigenvalue weighted by molar-refractivity contribution is 7.90. The van der Waals surface area contributed by atoms with Crippen molar-refractivity contribution in [2.75, 3.05) is 19.6 Å². The molecule has 0 amide bonds. The summed E-state index contributed by atoms with van der Waals surface area (Å²) in [6.45, 7) is 6.33. The summed E-state index contributed by atoms with van der Waals surface area (Å²) in [5, 5.41) is 3.66. The largest absolute Gasteiger partial charge is 0.511 e. The quantitative estimate of drug-likeness (QED) is 0.865. The maximum atomic E-state index is 10.8. The SMILES string of the molecule is CCCCN1CCCCC1.NS(=O)(=O)C(F)(F)F. The zero-order valence-electron chi connectivity index (χ0n) is 10.5. The number of sulfonamides is 1. The third-order valence-corrected chi connectivity index (χ3v) is 3.24. The summed E-state index contributed by atoms with van der Waals surface area (Å²) in [5.41, 5.74) is -5.31. The molecule has 0 aliphatic carbocycles. The lowest BCUT2D eigenvalue weighted by molar-refractivity contribution is -0.0436. The van der Waals surface area contributed by atoms with Crippen LogP contribution in [-0.4, -0.2) is 38.5 Å². The molecule has 0 aromatic rings. The fourth-order valence-electron chi connectivity index (χ4n) is 1.56. The average Bonchev–Trinajstić information content (AvgIpc) is 2.26. The van der Waals surface area contributed by atoms with E-state index in [1.165, 1.54) is 51.7 Å². The lowest BCUT2D eigenvalue weighted by Gasteiger charge is -2.25. The number of unbranched alkanes of at least 4 members (excludes halogenated alkanes) is 1. The average molecular weight is 290 g/mol. The number of primary sulfonamides is 1. The predicted octanol–water partition coefficient (Wildman–Crippen LogP) is 2.07. The van der Waals surface area contributed by atoms with Gasteiger partial charge in [0.05, 0.1) is 0 Å². The molecule has 4 nitrogen and oxygen atoms in total. The van der Waals surface area contributed by atoms with Crippen LogP contribution in [0, 0.1) is 0 Å². The molecule has 1 aliphatic rings. The standard InChI is InChI=1S/C9H19N.CH2F3NO2S/c1-2-3-7-10-8-5-4-6-9-10;2-1(3,4)8(5,6)7/h2-9H2,1H3;(H2,5,6,7). The normalized spacial score (nSPS) is 18.1. The lowest BCUT2D eigenvalue weighted by atomic mass is 10.1. The van der Waals surface area contributed by atoms with Gasteiger partial charge >= 0.3 is 15.5 Å². The molecule has 0 aromatic carbocycles. The van der Waals surface area contributed by atoms with Crippen molar-refractivity contribution >= 4 is 10.0 Å². The van der Waals surface area contributed by atoms with Gasteiger partial charge in [-0.3, -0.25) is 0 Å². The molecule has 1 aliphatic heterocycles. The van der Waals surface area contributed by atoms with Crippen molar-refractivity contribution in [1.82, 2.24) is 4.90 Å². The third-order valence-electron chi connectivity index (χ3n) is 2.60. The molecule has 1 rings (SSSR count). The Morgan fingerprint density at radius 2 is 1.61 bits per heavy atom. The number of hydrogen-bond donors (Lipinski definition) is 1. The van der Waals surface area contributed by atoms with Crippen LogP contribution in [0.15, 0.2) is 0 Å². The Morgan fingerprint density at radius 3 is 1.94 bits per heavy atom. The van der Waals surface area contributed by atoms with Crippen LogP contribution >= 0.6 is 0 Å². The first-order valence-corrected chi connectivity index (χ1v) is 7.54. The second kappa shape index (κ2) is 7.96. The van der Waals surface area contributed by atoms with E-state index in [2.05, 4.69) is 17.0 Å². The van der Waals surface area contributed by atoms with Crippen LogP contribution in [0.3, 0.4) is 0 Å². The van der Waals surface area contributed by atoms with Crippen molar-refractivity contribution in [3.63, 3.8) is 0 Å². The highest BCUT2D eigenvalue weighted by Crippen LogP contribution is 2.18. The monoisotopic (exact) mass is 290 g/mol. The number of nitrogens with two attached hydrogens (primary N) is 1. The van der Waals surface area contributed by atoms with Crippen molar-refractivity contribution in [3.05, 3.63) is 0 Å². The minimum atomic E-state index is -5.34. The highest BCUT2D eigenvalue weighted by Gasteiger charge is 2.42. The summed E-state index contributed by atoms with van der Waals surface area (Å²) >= 11 is 0. The van der Waals surface area contributed by atoms with E-state index in [1.807, 2.05) is 0 Å². The summed E-state index contributed by atoms with van der Waals surface area (Å²) < 4.78 is 51.2. The Balaban J connectivity index is 0.000000331. The van der Waals surface area contributed by atoms with Gasteiger partial charge in [-0.05, 0) is 38.9 Å². The first kappa shape index (κ1) is 17.7. The van der Waals surface area contributed by atoms with Crippen molar-refractivity contribution < 1.29 is 21.6 Å². The van der Waals surface area contributed by atoms with Gasteiger partial charge in [0.1, 0.15) is 0 Å². The van der Waals surface area contributed by atoms with Crippen LogP contribution in [0.1, 0.15) is 39.0 Å². The topological polar surface area (TPSA) is 63.4 Å². The van der Waals surface area contributed by atoms with E-state index in [0.29, 0.717) is 0 Å². The Labute approximate surface area is 106 Å². The molecule has 0 bridgehead atoms. The number of nitrogens with zero attached hydrogens (tertiary/aromatic N) is 1. The molecule has 1 heterocycles.